The minimum Gasteiger partial charge on any atom is -0.386 e. The van der Waals surface area contributed by atoms with Crippen molar-refractivity contribution in [1.82, 2.24) is 19.5 Å². The highest BCUT2D eigenvalue weighted by molar-refractivity contribution is 7.66. The Labute approximate surface area is 203 Å². The molecule has 0 spiro atoms. The van der Waals surface area contributed by atoms with E-state index in [-0.39, 0.29) is 30.2 Å². The number of aliphatic hydroxyl groups excluding tert-OH is 1. The molecule has 1 aliphatic rings. The van der Waals surface area contributed by atoms with Gasteiger partial charge >= 0.3 is 23.5 Å². The third kappa shape index (κ3) is 7.46. The van der Waals surface area contributed by atoms with Gasteiger partial charge in [-0.15, -0.1) is 6.58 Å². The lowest BCUT2D eigenvalue weighted by atomic mass is 10.1. The van der Waals surface area contributed by atoms with E-state index in [1.165, 1.54) is 10.9 Å². The number of phosphoric ester groups is 1. The highest BCUT2D eigenvalue weighted by atomic mass is 31.3. The minimum atomic E-state index is -5.78. The highest BCUT2D eigenvalue weighted by Gasteiger charge is 2.51. The average Bonchev–Trinajstić information content (AvgIpc) is 3.25. The van der Waals surface area contributed by atoms with Crippen LogP contribution in [0.5, 0.6) is 0 Å². The third-order valence-electron chi connectivity index (χ3n) is 4.60. The maximum Gasteiger partial charge on any atom is 0.490 e. The summed E-state index contributed by atoms with van der Waals surface area (Å²) >= 11 is 0. The molecule has 18 nitrogen and oxygen atoms in total. The predicted octanol–water partition coefficient (Wildman–Crippen LogP) is 0.361. The maximum absolute atomic E-state index is 12.4. The summed E-state index contributed by atoms with van der Waals surface area (Å²) in [7, 11) is -17.0. The Morgan fingerprint density at radius 1 is 1.17 bits per heavy atom. The van der Waals surface area contributed by atoms with Gasteiger partial charge in [0.25, 0.3) is 0 Å². The summed E-state index contributed by atoms with van der Waals surface area (Å²) in [5.41, 5.74) is 6.90. The van der Waals surface area contributed by atoms with Crippen molar-refractivity contribution in [3.63, 3.8) is 0 Å². The fraction of sp³-hybridized carbons (Fsp3) is 0.533. The molecule has 202 valence electrons. The van der Waals surface area contributed by atoms with Crippen molar-refractivity contribution >= 4 is 40.4 Å². The molecule has 2 aromatic heterocycles. The zero-order valence-electron chi connectivity index (χ0n) is 18.5. The van der Waals surface area contributed by atoms with Crippen LogP contribution in [0.2, 0.25) is 0 Å². The lowest BCUT2D eigenvalue weighted by Gasteiger charge is -2.23. The van der Waals surface area contributed by atoms with Crippen LogP contribution >= 0.6 is 23.5 Å². The molecule has 1 aliphatic heterocycles. The Bertz CT molecular complexity index is 1250. The van der Waals surface area contributed by atoms with Crippen LogP contribution in [0.1, 0.15) is 19.6 Å². The van der Waals surface area contributed by atoms with Gasteiger partial charge in [-0.2, -0.15) is 8.62 Å². The van der Waals surface area contributed by atoms with Gasteiger partial charge in [0, 0.05) is 0 Å². The molecule has 0 radical (unpaired) electrons. The van der Waals surface area contributed by atoms with Crippen LogP contribution in [-0.2, 0) is 36.3 Å². The summed E-state index contributed by atoms with van der Waals surface area (Å²) in [6, 6.07) is 0. The number of phosphoric acid groups is 3. The van der Waals surface area contributed by atoms with E-state index < -0.39 is 48.0 Å². The molecule has 2 unspecified atom stereocenters. The zero-order valence-corrected chi connectivity index (χ0v) is 21.2. The van der Waals surface area contributed by atoms with Crippen LogP contribution in [0, 0.1) is 0 Å². The van der Waals surface area contributed by atoms with Crippen molar-refractivity contribution in [1.29, 1.82) is 0 Å². The van der Waals surface area contributed by atoms with Gasteiger partial charge in [0.2, 0.25) is 0 Å². The van der Waals surface area contributed by atoms with Crippen molar-refractivity contribution in [2.24, 2.45) is 0 Å². The topological polar surface area (TPSA) is 268 Å². The van der Waals surface area contributed by atoms with E-state index in [1.807, 2.05) is 0 Å². The van der Waals surface area contributed by atoms with Gasteiger partial charge in [-0.1, -0.05) is 5.57 Å². The van der Waals surface area contributed by atoms with Crippen molar-refractivity contribution < 1.29 is 61.0 Å². The first-order valence-electron chi connectivity index (χ1n) is 9.89. The SMILES string of the molecule is C=C(C)CCOC[C@H]1O[C@@H](n2cnc3c(N)ncnc32)[C@H](O)[C@@H]1OP(=O)(O)OP(=O)(O)OP(=O)(O)O. The molecule has 36 heavy (non-hydrogen) atoms. The first-order chi connectivity index (χ1) is 16.6. The number of anilines is 1. The van der Waals surface area contributed by atoms with Gasteiger partial charge < -0.3 is 39.9 Å². The van der Waals surface area contributed by atoms with Gasteiger partial charge in [-0.25, -0.2) is 28.6 Å². The molecular formula is C15H24N5O13P3. The number of hydrogen-bond acceptors (Lipinski definition) is 13. The number of nitrogens with zero attached hydrogens (tertiary/aromatic N) is 4. The van der Waals surface area contributed by atoms with Crippen molar-refractivity contribution in [2.75, 3.05) is 18.9 Å². The summed E-state index contributed by atoms with van der Waals surface area (Å²) in [5, 5.41) is 10.9. The largest absolute Gasteiger partial charge is 0.490 e. The molecule has 0 bridgehead atoms. The first-order valence-corrected chi connectivity index (χ1v) is 14.4. The molecule has 1 fully saturated rings. The van der Waals surface area contributed by atoms with Gasteiger partial charge in [0.05, 0.1) is 19.5 Å². The van der Waals surface area contributed by atoms with Crippen molar-refractivity contribution in [2.45, 2.75) is 37.9 Å². The summed E-state index contributed by atoms with van der Waals surface area (Å²) < 4.78 is 59.7. The third-order valence-corrected chi connectivity index (χ3v) is 8.43. The fourth-order valence-corrected chi connectivity index (χ4v) is 6.40. The smallest absolute Gasteiger partial charge is 0.386 e. The molecule has 3 rings (SSSR count). The quantitative estimate of drug-likeness (QED) is 0.113. The summed E-state index contributed by atoms with van der Waals surface area (Å²) in [5.74, 6) is 0.0377. The molecule has 0 aromatic carbocycles. The molecule has 0 saturated carbocycles. The van der Waals surface area contributed by atoms with Crippen LogP contribution < -0.4 is 5.73 Å². The molecular weight excluding hydrogens is 551 g/mol. The molecule has 6 atom stereocenters. The Hall–Kier alpha value is -1.62. The summed E-state index contributed by atoms with van der Waals surface area (Å²) in [6.07, 6.45) is -3.20. The molecule has 0 amide bonds. The van der Waals surface area contributed by atoms with Gasteiger partial charge in [-0.3, -0.25) is 9.09 Å². The summed E-state index contributed by atoms with van der Waals surface area (Å²) in [4.78, 5) is 48.6. The molecule has 0 aliphatic carbocycles. The van der Waals surface area contributed by atoms with E-state index in [2.05, 4.69) is 30.2 Å². The Kier molecular flexibility index (Phi) is 8.85. The Morgan fingerprint density at radius 2 is 1.86 bits per heavy atom. The van der Waals surface area contributed by atoms with Crippen LogP contribution in [0.4, 0.5) is 5.82 Å². The zero-order chi connectivity index (χ0) is 26.9. The van der Waals surface area contributed by atoms with Gasteiger partial charge in [0.15, 0.2) is 17.7 Å². The normalized spacial score (nSPS) is 26.1. The molecule has 7 N–H and O–H groups in total. The fourth-order valence-electron chi connectivity index (χ4n) is 3.17. The highest BCUT2D eigenvalue weighted by Crippen LogP contribution is 2.67. The number of nitrogen functional groups attached to an aromatic ring is 1. The monoisotopic (exact) mass is 575 g/mol. The number of imidazole rings is 1. The lowest BCUT2D eigenvalue weighted by molar-refractivity contribution is -0.0645. The van der Waals surface area contributed by atoms with E-state index in [1.54, 1.807) is 6.92 Å². The predicted molar refractivity (Wildman–Crippen MR) is 119 cm³/mol. The van der Waals surface area contributed by atoms with Crippen molar-refractivity contribution in [3.05, 3.63) is 24.8 Å². The second-order valence-corrected chi connectivity index (χ2v) is 12.0. The van der Waals surface area contributed by atoms with Gasteiger partial charge in [0.1, 0.15) is 30.2 Å². The number of aromatic nitrogens is 4. The van der Waals surface area contributed by atoms with E-state index >= 15 is 0 Å². The molecule has 3 heterocycles. The number of aliphatic hydroxyl groups is 1. The standard InChI is InChI=1S/C15H24N5O13P3/c1-8(2)3-4-29-5-9-12(31-35(25,26)33-36(27,28)32-34(22,23)24)11(21)15(30-9)20-7-19-10-13(16)17-6-18-14(10)20/h6-7,9,11-12,15,21H,1,3-5H2,2H3,(H,25,26)(H,27,28)(H2,16,17,18)(H2,22,23,24)/t9-,11-,12-,15-/m1/s1. The maximum atomic E-state index is 12.4. The second-order valence-electron chi connectivity index (χ2n) is 7.58. The Balaban J connectivity index is 1.84. The van der Waals surface area contributed by atoms with Gasteiger partial charge in [-0.05, 0) is 13.3 Å². The lowest BCUT2D eigenvalue weighted by Crippen LogP contribution is -2.36. The second kappa shape index (κ2) is 11.0. The average molecular weight is 575 g/mol. The van der Waals surface area contributed by atoms with E-state index in [9.17, 15) is 28.6 Å². The van der Waals surface area contributed by atoms with Crippen molar-refractivity contribution in [3.8, 4) is 0 Å². The number of hydrogen-bond donors (Lipinski definition) is 6. The van der Waals surface area contributed by atoms with E-state index in [4.69, 9.17) is 29.5 Å². The first kappa shape index (κ1) is 28.9. The van der Waals surface area contributed by atoms with E-state index in [0.717, 1.165) is 11.9 Å². The minimum absolute atomic E-state index is 0.0377. The van der Waals surface area contributed by atoms with Crippen LogP contribution in [0.15, 0.2) is 24.8 Å². The molecule has 1 saturated heterocycles. The van der Waals surface area contributed by atoms with Crippen LogP contribution in [0.3, 0.4) is 0 Å². The number of fused-ring (bicyclic) bond motifs is 1. The molecule has 2 aromatic rings. The number of rotatable bonds is 12. The molecule has 21 heteroatoms. The summed E-state index contributed by atoms with van der Waals surface area (Å²) in [6.45, 7) is 5.39. The van der Waals surface area contributed by atoms with Crippen LogP contribution in [0.25, 0.3) is 11.2 Å². The Morgan fingerprint density at radius 3 is 2.50 bits per heavy atom. The van der Waals surface area contributed by atoms with Crippen LogP contribution in [-0.4, -0.2) is 75.7 Å². The van der Waals surface area contributed by atoms with E-state index in [0.29, 0.717) is 6.42 Å². The number of ether oxygens (including phenoxy) is 2. The number of nitrogens with two attached hydrogens (primary N) is 1.